The van der Waals surface area contributed by atoms with Crippen LogP contribution in [0.15, 0.2) is 24.3 Å². The topological polar surface area (TPSA) is 75.4 Å². The number of aryl methyl sites for hydroxylation is 1. The molecule has 0 saturated carbocycles. The summed E-state index contributed by atoms with van der Waals surface area (Å²) in [5, 5.41) is 2.93. The molecule has 1 fully saturated rings. The van der Waals surface area contributed by atoms with Crippen LogP contribution in [0.4, 0.5) is 0 Å². The molecule has 2 unspecified atom stereocenters. The van der Waals surface area contributed by atoms with Crippen LogP contribution >= 0.6 is 0 Å². The monoisotopic (exact) mass is 345 g/mol. The van der Waals surface area contributed by atoms with E-state index in [0.29, 0.717) is 18.7 Å². The maximum Gasteiger partial charge on any atom is 0.251 e. The Labute approximate surface area is 151 Å². The van der Waals surface area contributed by atoms with Crippen molar-refractivity contribution in [2.24, 2.45) is 17.1 Å². The number of hydrogen-bond acceptors (Lipinski definition) is 3. The lowest BCUT2D eigenvalue weighted by Gasteiger charge is -2.44. The second-order valence-corrected chi connectivity index (χ2v) is 8.20. The van der Waals surface area contributed by atoms with Crippen LogP contribution in [0.3, 0.4) is 0 Å². The van der Waals surface area contributed by atoms with Crippen molar-refractivity contribution >= 4 is 11.8 Å². The molecular formula is C20H31N3O2. The summed E-state index contributed by atoms with van der Waals surface area (Å²) in [5.74, 6) is -0.212. The Balaban J connectivity index is 2.10. The van der Waals surface area contributed by atoms with E-state index in [2.05, 4.69) is 19.2 Å². The minimum Gasteiger partial charge on any atom is -0.340 e. The van der Waals surface area contributed by atoms with E-state index in [1.807, 2.05) is 37.8 Å². The lowest BCUT2D eigenvalue weighted by Crippen LogP contribution is -2.59. The van der Waals surface area contributed by atoms with Gasteiger partial charge in [0.15, 0.2) is 0 Å². The fourth-order valence-electron chi connectivity index (χ4n) is 3.20. The van der Waals surface area contributed by atoms with Gasteiger partial charge in [0.2, 0.25) is 5.91 Å². The normalized spacial score (nSPS) is 21.1. The first-order valence-electron chi connectivity index (χ1n) is 9.03. The predicted octanol–water partition coefficient (Wildman–Crippen LogP) is 2.34. The van der Waals surface area contributed by atoms with Crippen LogP contribution in [0.2, 0.25) is 0 Å². The molecule has 5 heteroatoms. The van der Waals surface area contributed by atoms with Gasteiger partial charge in [-0.05, 0) is 36.8 Å². The summed E-state index contributed by atoms with van der Waals surface area (Å²) in [7, 11) is 0. The van der Waals surface area contributed by atoms with Gasteiger partial charge < -0.3 is 16.0 Å². The molecule has 1 saturated heterocycles. The van der Waals surface area contributed by atoms with Gasteiger partial charge in [-0.25, -0.2) is 0 Å². The highest BCUT2D eigenvalue weighted by molar-refractivity contribution is 5.97. The Kier molecular flexibility index (Phi) is 5.88. The number of nitrogens with one attached hydrogen (secondary N) is 1. The largest absolute Gasteiger partial charge is 0.340 e. The molecule has 3 N–H and O–H groups in total. The Morgan fingerprint density at radius 2 is 1.84 bits per heavy atom. The summed E-state index contributed by atoms with van der Waals surface area (Å²) in [6.45, 7) is 11.3. The van der Waals surface area contributed by atoms with Gasteiger partial charge in [0, 0.05) is 24.7 Å². The summed E-state index contributed by atoms with van der Waals surface area (Å²) in [6, 6.07) is 6.94. The van der Waals surface area contributed by atoms with Crippen molar-refractivity contribution in [3.05, 3.63) is 35.4 Å². The molecule has 0 radical (unpaired) electrons. The molecule has 1 aliphatic heterocycles. The fourth-order valence-corrected chi connectivity index (χ4v) is 3.20. The van der Waals surface area contributed by atoms with Crippen molar-refractivity contribution in [1.29, 1.82) is 0 Å². The van der Waals surface area contributed by atoms with E-state index >= 15 is 0 Å². The second kappa shape index (κ2) is 7.56. The quantitative estimate of drug-likeness (QED) is 0.879. The number of amides is 2. The molecule has 1 heterocycles. The van der Waals surface area contributed by atoms with Crippen molar-refractivity contribution in [2.45, 2.75) is 53.1 Å². The van der Waals surface area contributed by atoms with Crippen molar-refractivity contribution in [3.8, 4) is 0 Å². The van der Waals surface area contributed by atoms with E-state index < -0.39 is 6.04 Å². The number of carbonyl (C=O) groups is 2. The number of hydrogen-bond donors (Lipinski definition) is 2. The maximum absolute atomic E-state index is 13.0. The number of carbonyl (C=O) groups excluding carboxylic acids is 2. The zero-order valence-electron chi connectivity index (χ0n) is 16.0. The highest BCUT2D eigenvalue weighted by Gasteiger charge is 2.38. The van der Waals surface area contributed by atoms with E-state index in [4.69, 9.17) is 5.73 Å². The first-order valence-corrected chi connectivity index (χ1v) is 9.03. The first kappa shape index (κ1) is 19.4. The Morgan fingerprint density at radius 1 is 1.24 bits per heavy atom. The number of nitrogens with two attached hydrogens (primary N) is 1. The van der Waals surface area contributed by atoms with E-state index in [9.17, 15) is 9.59 Å². The third kappa shape index (κ3) is 4.60. The molecule has 1 aromatic carbocycles. The smallest absolute Gasteiger partial charge is 0.251 e. The lowest BCUT2D eigenvalue weighted by molar-refractivity contribution is -0.137. The van der Waals surface area contributed by atoms with Crippen LogP contribution in [-0.2, 0) is 4.79 Å². The molecule has 0 bridgehead atoms. The molecule has 1 aliphatic rings. The molecule has 138 valence electrons. The van der Waals surface area contributed by atoms with Crippen molar-refractivity contribution in [2.75, 3.05) is 13.1 Å². The van der Waals surface area contributed by atoms with Crippen LogP contribution in [0.1, 0.15) is 50.0 Å². The van der Waals surface area contributed by atoms with Crippen molar-refractivity contribution in [1.82, 2.24) is 10.2 Å². The highest BCUT2D eigenvalue weighted by atomic mass is 16.2. The van der Waals surface area contributed by atoms with Gasteiger partial charge in [0.25, 0.3) is 5.91 Å². The zero-order chi connectivity index (χ0) is 18.8. The Morgan fingerprint density at radius 3 is 2.36 bits per heavy atom. The standard InChI is InChI=1S/C20H31N3O2/c1-13(2)17(22-18(24)15-8-6-14(3)7-9-15)19(25)23-11-10-16(21)20(4,5)12-23/h6-9,13,16-17H,10-12,21H2,1-5H3,(H,22,24). The number of benzene rings is 1. The molecule has 1 aromatic rings. The van der Waals surface area contributed by atoms with Gasteiger partial charge in [0.1, 0.15) is 6.04 Å². The third-order valence-corrected chi connectivity index (χ3v) is 5.16. The van der Waals surface area contributed by atoms with Gasteiger partial charge >= 0.3 is 0 Å². The van der Waals surface area contributed by atoms with Crippen LogP contribution in [0.5, 0.6) is 0 Å². The second-order valence-electron chi connectivity index (χ2n) is 8.20. The van der Waals surface area contributed by atoms with Gasteiger partial charge in [-0.15, -0.1) is 0 Å². The first-order chi connectivity index (χ1) is 11.6. The van der Waals surface area contributed by atoms with Crippen LogP contribution in [0.25, 0.3) is 0 Å². The van der Waals surface area contributed by atoms with E-state index in [0.717, 1.165) is 12.0 Å². The molecule has 2 rings (SSSR count). The summed E-state index contributed by atoms with van der Waals surface area (Å²) in [6.07, 6.45) is 0.787. The van der Waals surface area contributed by atoms with Gasteiger partial charge in [-0.2, -0.15) is 0 Å². The average molecular weight is 345 g/mol. The summed E-state index contributed by atoms with van der Waals surface area (Å²) < 4.78 is 0. The predicted molar refractivity (Wildman–Crippen MR) is 100 cm³/mol. The molecule has 0 spiro atoms. The van der Waals surface area contributed by atoms with Gasteiger partial charge in [0.05, 0.1) is 0 Å². The van der Waals surface area contributed by atoms with Crippen molar-refractivity contribution < 1.29 is 9.59 Å². The minimum absolute atomic E-state index is 0.0145. The number of likely N-dealkylation sites (tertiary alicyclic amines) is 1. The van der Waals surface area contributed by atoms with Crippen molar-refractivity contribution in [3.63, 3.8) is 0 Å². The van der Waals surface area contributed by atoms with Crippen LogP contribution in [0, 0.1) is 18.3 Å². The zero-order valence-corrected chi connectivity index (χ0v) is 16.0. The van der Waals surface area contributed by atoms with Gasteiger partial charge in [-0.3, -0.25) is 9.59 Å². The Hall–Kier alpha value is -1.88. The molecule has 2 atom stereocenters. The molecule has 5 nitrogen and oxygen atoms in total. The van der Waals surface area contributed by atoms with Crippen LogP contribution in [-0.4, -0.2) is 41.9 Å². The van der Waals surface area contributed by atoms with Crippen LogP contribution < -0.4 is 11.1 Å². The molecule has 0 aromatic heterocycles. The SMILES string of the molecule is Cc1ccc(C(=O)NC(C(=O)N2CCC(N)C(C)(C)C2)C(C)C)cc1. The third-order valence-electron chi connectivity index (χ3n) is 5.16. The molecular weight excluding hydrogens is 314 g/mol. The van der Waals surface area contributed by atoms with E-state index in [1.54, 1.807) is 12.1 Å². The number of nitrogens with zero attached hydrogens (tertiary/aromatic N) is 1. The molecule has 25 heavy (non-hydrogen) atoms. The summed E-state index contributed by atoms with van der Waals surface area (Å²) >= 11 is 0. The van der Waals surface area contributed by atoms with E-state index in [-0.39, 0.29) is 29.2 Å². The average Bonchev–Trinajstić information content (AvgIpc) is 2.54. The lowest BCUT2D eigenvalue weighted by atomic mass is 9.79. The van der Waals surface area contributed by atoms with E-state index in [1.165, 1.54) is 0 Å². The molecule has 2 amide bonds. The Bertz CT molecular complexity index is 622. The fraction of sp³-hybridized carbons (Fsp3) is 0.600. The number of piperidine rings is 1. The van der Waals surface area contributed by atoms with Gasteiger partial charge in [-0.1, -0.05) is 45.4 Å². The maximum atomic E-state index is 13.0. The summed E-state index contributed by atoms with van der Waals surface area (Å²) in [5.41, 5.74) is 7.73. The minimum atomic E-state index is -0.529. The summed E-state index contributed by atoms with van der Waals surface area (Å²) in [4.78, 5) is 27.4. The number of rotatable bonds is 4. The highest BCUT2D eigenvalue weighted by Crippen LogP contribution is 2.28. The molecule has 0 aliphatic carbocycles.